The molecule has 0 N–H and O–H groups in total. The second-order valence-electron chi connectivity index (χ2n) is 8.10. The maximum Gasteiger partial charge on any atom is 0.309 e. The van der Waals surface area contributed by atoms with Crippen LogP contribution in [0.5, 0.6) is 5.75 Å². The van der Waals surface area contributed by atoms with E-state index in [2.05, 4.69) is 6.07 Å². The van der Waals surface area contributed by atoms with E-state index in [1.54, 1.807) is 7.11 Å². The van der Waals surface area contributed by atoms with E-state index in [9.17, 15) is 9.59 Å². The van der Waals surface area contributed by atoms with E-state index < -0.39 is 0 Å². The van der Waals surface area contributed by atoms with Crippen LogP contribution in [0.4, 0.5) is 0 Å². The van der Waals surface area contributed by atoms with Gasteiger partial charge in [-0.05, 0) is 36.1 Å². The van der Waals surface area contributed by atoms with Crippen molar-refractivity contribution in [2.24, 2.45) is 5.92 Å². The second kappa shape index (κ2) is 11.0. The van der Waals surface area contributed by atoms with Gasteiger partial charge >= 0.3 is 5.97 Å². The molecule has 2 atom stereocenters. The zero-order valence-corrected chi connectivity index (χ0v) is 18.6. The Balaban J connectivity index is 1.73. The summed E-state index contributed by atoms with van der Waals surface area (Å²) >= 11 is 0. The van der Waals surface area contributed by atoms with Crippen LogP contribution in [0.15, 0.2) is 54.6 Å². The average molecular weight is 425 g/mol. The quantitative estimate of drug-likeness (QED) is 0.575. The molecular formula is C25H32N2O4. The Morgan fingerprint density at radius 3 is 2.61 bits per heavy atom. The fourth-order valence-corrected chi connectivity index (χ4v) is 4.23. The molecule has 6 nitrogen and oxygen atoms in total. The van der Waals surface area contributed by atoms with E-state index in [0.717, 1.165) is 36.3 Å². The maximum atomic E-state index is 13.3. The lowest BCUT2D eigenvalue weighted by Gasteiger charge is -2.30. The highest BCUT2D eigenvalue weighted by Crippen LogP contribution is 2.33. The van der Waals surface area contributed by atoms with Crippen molar-refractivity contribution >= 4 is 11.9 Å². The van der Waals surface area contributed by atoms with Crippen molar-refractivity contribution in [2.75, 3.05) is 33.9 Å². The molecule has 0 radical (unpaired) electrons. The molecule has 0 aliphatic carbocycles. The maximum absolute atomic E-state index is 13.3. The summed E-state index contributed by atoms with van der Waals surface area (Å²) in [6, 6.07) is 18.0. The number of likely N-dealkylation sites (tertiary alicyclic amines) is 1. The summed E-state index contributed by atoms with van der Waals surface area (Å²) in [5.41, 5.74) is 2.21. The lowest BCUT2D eigenvalue weighted by atomic mass is 10.0. The third-order valence-corrected chi connectivity index (χ3v) is 5.80. The number of rotatable bonds is 9. The summed E-state index contributed by atoms with van der Waals surface area (Å²) in [6.45, 7) is 3.91. The summed E-state index contributed by atoms with van der Waals surface area (Å²) < 4.78 is 10.3. The van der Waals surface area contributed by atoms with Crippen LogP contribution < -0.4 is 4.74 Å². The molecule has 2 aromatic rings. The molecule has 2 unspecified atom stereocenters. The molecule has 0 bridgehead atoms. The highest BCUT2D eigenvalue weighted by atomic mass is 16.5. The van der Waals surface area contributed by atoms with Gasteiger partial charge in [-0.15, -0.1) is 0 Å². The van der Waals surface area contributed by atoms with Gasteiger partial charge in [0.25, 0.3) is 0 Å². The summed E-state index contributed by atoms with van der Waals surface area (Å²) in [6.07, 6.45) is 1.92. The van der Waals surface area contributed by atoms with E-state index in [4.69, 9.17) is 9.47 Å². The number of amides is 1. The fraction of sp³-hybridized carbons (Fsp3) is 0.440. The van der Waals surface area contributed by atoms with Gasteiger partial charge in [-0.25, -0.2) is 0 Å². The molecule has 1 fully saturated rings. The predicted molar refractivity (Wildman–Crippen MR) is 120 cm³/mol. The monoisotopic (exact) mass is 424 g/mol. The Labute approximate surface area is 184 Å². The lowest BCUT2D eigenvalue weighted by molar-refractivity contribution is -0.146. The minimum atomic E-state index is -0.311. The number of nitrogens with zero attached hydrogens (tertiary/aromatic N) is 2. The third-order valence-electron chi connectivity index (χ3n) is 5.80. The molecule has 0 saturated carbocycles. The molecule has 31 heavy (non-hydrogen) atoms. The first-order chi connectivity index (χ1) is 15.0. The first-order valence-electron chi connectivity index (χ1n) is 10.8. The number of methoxy groups -OCH3 is 2. The molecule has 1 aliphatic rings. The summed E-state index contributed by atoms with van der Waals surface area (Å²) in [5, 5.41) is 0. The summed E-state index contributed by atoms with van der Waals surface area (Å²) in [4.78, 5) is 29.3. The standard InChI is InChI=1S/C25H32N2O4/c1-19(25(29)31-3)16-26(17-20-9-5-4-6-10-20)18-24(28)27-14-8-13-23(27)21-11-7-12-22(15-21)30-2/h4-7,9-12,15,19,23H,8,13-14,16-18H2,1-3H3. The van der Waals surface area contributed by atoms with Crippen LogP contribution in [0.2, 0.25) is 0 Å². The van der Waals surface area contributed by atoms with Gasteiger partial charge in [0.05, 0.1) is 32.7 Å². The lowest BCUT2D eigenvalue weighted by Crippen LogP contribution is -2.42. The number of hydrogen-bond donors (Lipinski definition) is 0. The Kier molecular flexibility index (Phi) is 8.06. The number of benzene rings is 2. The molecule has 2 aromatic carbocycles. The van der Waals surface area contributed by atoms with Gasteiger partial charge in [0.2, 0.25) is 5.91 Å². The molecule has 0 aromatic heterocycles. The van der Waals surface area contributed by atoms with Crippen molar-refractivity contribution in [3.05, 3.63) is 65.7 Å². The van der Waals surface area contributed by atoms with Gasteiger partial charge in [0, 0.05) is 19.6 Å². The highest BCUT2D eigenvalue weighted by molar-refractivity contribution is 5.79. The first-order valence-corrected chi connectivity index (χ1v) is 10.8. The second-order valence-corrected chi connectivity index (χ2v) is 8.10. The number of esters is 1. The molecule has 166 valence electrons. The molecule has 0 spiro atoms. The fourth-order valence-electron chi connectivity index (χ4n) is 4.23. The molecule has 1 heterocycles. The molecule has 1 aliphatic heterocycles. The van der Waals surface area contributed by atoms with Crippen LogP contribution in [-0.4, -0.2) is 55.5 Å². The van der Waals surface area contributed by atoms with E-state index >= 15 is 0 Å². The van der Waals surface area contributed by atoms with Gasteiger partial charge in [-0.2, -0.15) is 0 Å². The summed E-state index contributed by atoms with van der Waals surface area (Å²) in [7, 11) is 3.05. The van der Waals surface area contributed by atoms with Gasteiger partial charge < -0.3 is 14.4 Å². The van der Waals surface area contributed by atoms with Crippen molar-refractivity contribution in [1.29, 1.82) is 0 Å². The number of carbonyl (C=O) groups excluding carboxylic acids is 2. The molecule has 1 saturated heterocycles. The Morgan fingerprint density at radius 2 is 1.90 bits per heavy atom. The Hall–Kier alpha value is -2.86. The van der Waals surface area contributed by atoms with Crippen LogP contribution in [0, 0.1) is 5.92 Å². The predicted octanol–water partition coefficient (Wildman–Crippen LogP) is 3.67. The third kappa shape index (κ3) is 6.07. The number of ether oxygens (including phenoxy) is 2. The number of carbonyl (C=O) groups is 2. The Bertz CT molecular complexity index is 871. The average Bonchev–Trinajstić information content (AvgIpc) is 3.29. The highest BCUT2D eigenvalue weighted by Gasteiger charge is 2.31. The Morgan fingerprint density at radius 1 is 1.13 bits per heavy atom. The van der Waals surface area contributed by atoms with Crippen molar-refractivity contribution in [2.45, 2.75) is 32.4 Å². The largest absolute Gasteiger partial charge is 0.497 e. The van der Waals surface area contributed by atoms with E-state index in [1.807, 2.05) is 65.3 Å². The minimum Gasteiger partial charge on any atom is -0.497 e. The van der Waals surface area contributed by atoms with Crippen molar-refractivity contribution in [3.63, 3.8) is 0 Å². The van der Waals surface area contributed by atoms with E-state index in [1.165, 1.54) is 7.11 Å². The van der Waals surface area contributed by atoms with Gasteiger partial charge in [-0.1, -0.05) is 49.4 Å². The van der Waals surface area contributed by atoms with Crippen molar-refractivity contribution in [3.8, 4) is 5.75 Å². The van der Waals surface area contributed by atoms with Gasteiger partial charge in [0.1, 0.15) is 5.75 Å². The normalized spacial score (nSPS) is 16.9. The zero-order chi connectivity index (χ0) is 22.2. The van der Waals surface area contributed by atoms with Gasteiger partial charge in [0.15, 0.2) is 0 Å². The molecular weight excluding hydrogens is 392 g/mol. The van der Waals surface area contributed by atoms with Crippen LogP contribution in [0.25, 0.3) is 0 Å². The van der Waals surface area contributed by atoms with Crippen LogP contribution in [-0.2, 0) is 20.9 Å². The first kappa shape index (κ1) is 22.8. The smallest absolute Gasteiger partial charge is 0.309 e. The molecule has 3 rings (SSSR count). The van der Waals surface area contributed by atoms with Crippen LogP contribution in [0.3, 0.4) is 0 Å². The van der Waals surface area contributed by atoms with E-state index in [0.29, 0.717) is 13.1 Å². The SMILES string of the molecule is COC(=O)C(C)CN(CC(=O)N1CCCC1c1cccc(OC)c1)Cc1ccccc1. The van der Waals surface area contributed by atoms with Crippen molar-refractivity contribution < 1.29 is 19.1 Å². The van der Waals surface area contributed by atoms with Crippen LogP contribution >= 0.6 is 0 Å². The van der Waals surface area contributed by atoms with Gasteiger partial charge in [-0.3, -0.25) is 14.5 Å². The molecule has 6 heteroatoms. The molecule has 1 amide bonds. The number of hydrogen-bond acceptors (Lipinski definition) is 5. The minimum absolute atomic E-state index is 0.0548. The van der Waals surface area contributed by atoms with E-state index in [-0.39, 0.29) is 30.4 Å². The van der Waals surface area contributed by atoms with Crippen LogP contribution in [0.1, 0.15) is 36.9 Å². The summed E-state index contributed by atoms with van der Waals surface area (Å²) in [5.74, 6) is 0.308. The topological polar surface area (TPSA) is 59.1 Å². The zero-order valence-electron chi connectivity index (χ0n) is 18.6. The van der Waals surface area contributed by atoms with Crippen molar-refractivity contribution in [1.82, 2.24) is 9.80 Å².